The van der Waals surface area contributed by atoms with Crippen molar-refractivity contribution in [3.63, 3.8) is 0 Å². The highest BCUT2D eigenvalue weighted by Gasteiger charge is 2.47. The van der Waals surface area contributed by atoms with Crippen LogP contribution in [0.4, 0.5) is 0 Å². The van der Waals surface area contributed by atoms with Gasteiger partial charge < -0.3 is 9.84 Å². The zero-order chi connectivity index (χ0) is 14.3. The fraction of sp³-hybridized carbons (Fsp3) is 0.438. The highest BCUT2D eigenvalue weighted by atomic mass is 16.5. The molecule has 0 aromatic heterocycles. The third-order valence-electron chi connectivity index (χ3n) is 4.52. The summed E-state index contributed by atoms with van der Waals surface area (Å²) in [7, 11) is 3.38. The van der Waals surface area contributed by atoms with E-state index in [4.69, 9.17) is 4.74 Å². The monoisotopic (exact) mass is 273 g/mol. The van der Waals surface area contributed by atoms with Crippen molar-refractivity contribution < 1.29 is 14.6 Å². The van der Waals surface area contributed by atoms with E-state index in [0.29, 0.717) is 18.4 Å². The summed E-state index contributed by atoms with van der Waals surface area (Å²) in [5.41, 5.74) is 2.77. The molecule has 0 saturated carbocycles. The number of esters is 1. The smallest absolute Gasteiger partial charge is 0.335 e. The van der Waals surface area contributed by atoms with E-state index in [1.54, 1.807) is 0 Å². The molecule has 0 radical (unpaired) electrons. The third kappa shape index (κ3) is 1.96. The fourth-order valence-electron chi connectivity index (χ4n) is 3.46. The third-order valence-corrected chi connectivity index (χ3v) is 4.52. The number of ether oxygens (including phenoxy) is 1. The normalized spacial score (nSPS) is 29.6. The number of methoxy groups -OCH3 is 1. The van der Waals surface area contributed by atoms with Crippen LogP contribution in [0.25, 0.3) is 5.57 Å². The van der Waals surface area contributed by atoms with E-state index in [1.165, 1.54) is 7.11 Å². The van der Waals surface area contributed by atoms with E-state index >= 15 is 0 Å². The van der Waals surface area contributed by atoms with Crippen molar-refractivity contribution in [3.8, 4) is 0 Å². The summed E-state index contributed by atoms with van der Waals surface area (Å²) >= 11 is 0. The van der Waals surface area contributed by atoms with Gasteiger partial charge in [-0.3, -0.25) is 4.90 Å². The second-order valence-corrected chi connectivity index (χ2v) is 5.51. The first kappa shape index (κ1) is 13.3. The highest BCUT2D eigenvalue weighted by Crippen LogP contribution is 2.42. The molecule has 0 unspecified atom stereocenters. The first-order valence-electron chi connectivity index (χ1n) is 6.90. The number of carbonyl (C=O) groups is 1. The minimum atomic E-state index is -0.383. The van der Waals surface area contributed by atoms with Gasteiger partial charge in [-0.05, 0) is 31.0 Å². The Morgan fingerprint density at radius 3 is 2.70 bits per heavy atom. The maximum absolute atomic E-state index is 12.2. The van der Waals surface area contributed by atoms with Gasteiger partial charge in [0.25, 0.3) is 0 Å². The van der Waals surface area contributed by atoms with Crippen molar-refractivity contribution in [2.45, 2.75) is 31.0 Å². The summed E-state index contributed by atoms with van der Waals surface area (Å²) in [4.78, 5) is 14.3. The van der Waals surface area contributed by atoms with E-state index in [-0.39, 0.29) is 24.2 Å². The van der Waals surface area contributed by atoms with Crippen LogP contribution in [0.2, 0.25) is 0 Å². The van der Waals surface area contributed by atoms with Gasteiger partial charge in [0.2, 0.25) is 0 Å². The van der Waals surface area contributed by atoms with Crippen molar-refractivity contribution in [1.29, 1.82) is 0 Å². The molecular weight excluding hydrogens is 254 g/mol. The quantitative estimate of drug-likeness (QED) is 0.829. The van der Waals surface area contributed by atoms with Crippen molar-refractivity contribution in [2.24, 2.45) is 0 Å². The van der Waals surface area contributed by atoms with Crippen LogP contribution in [0, 0.1) is 0 Å². The van der Waals surface area contributed by atoms with Crippen LogP contribution in [-0.4, -0.2) is 48.3 Å². The molecule has 106 valence electrons. The zero-order valence-corrected chi connectivity index (χ0v) is 11.7. The predicted octanol–water partition coefficient (Wildman–Crippen LogP) is 1.45. The largest absolute Gasteiger partial charge is 0.466 e. The molecule has 0 aliphatic carbocycles. The van der Waals surface area contributed by atoms with Gasteiger partial charge in [-0.2, -0.15) is 0 Å². The van der Waals surface area contributed by atoms with Gasteiger partial charge >= 0.3 is 5.97 Å². The van der Waals surface area contributed by atoms with Crippen molar-refractivity contribution in [1.82, 2.24) is 4.90 Å². The van der Waals surface area contributed by atoms with Crippen LogP contribution in [0.1, 0.15) is 18.4 Å². The second kappa shape index (κ2) is 5.04. The molecular formula is C16H19NO3. The number of hydrogen-bond acceptors (Lipinski definition) is 4. The maximum Gasteiger partial charge on any atom is 0.335 e. The lowest BCUT2D eigenvalue weighted by molar-refractivity contribution is -0.136. The summed E-state index contributed by atoms with van der Waals surface area (Å²) in [5.74, 6) is -0.284. The van der Waals surface area contributed by atoms with E-state index in [1.807, 2.05) is 37.4 Å². The van der Waals surface area contributed by atoms with E-state index in [0.717, 1.165) is 11.1 Å². The first-order valence-corrected chi connectivity index (χ1v) is 6.90. The summed E-state index contributed by atoms with van der Waals surface area (Å²) in [6.45, 7) is 0. The Bertz CT molecular complexity index is 552. The summed E-state index contributed by atoms with van der Waals surface area (Å²) < 4.78 is 4.97. The van der Waals surface area contributed by atoms with Crippen LogP contribution in [0.15, 0.2) is 35.9 Å². The molecule has 3 atom stereocenters. The number of aliphatic hydroxyl groups is 1. The Hall–Kier alpha value is -1.65. The van der Waals surface area contributed by atoms with Crippen molar-refractivity contribution in [2.75, 3.05) is 14.2 Å². The predicted molar refractivity (Wildman–Crippen MR) is 76.0 cm³/mol. The molecule has 1 aromatic rings. The topological polar surface area (TPSA) is 49.8 Å². The average molecular weight is 273 g/mol. The molecule has 4 nitrogen and oxygen atoms in total. The number of benzene rings is 1. The maximum atomic E-state index is 12.2. The molecule has 0 amide bonds. The standard InChI is InChI=1S/C16H19NO3/c1-17-12-8-11(10-6-4-3-5-7-10)15(16(19)20-2)13(17)9-14(12)18/h3-7,12-14,18H,8-9H2,1-2H3/t12-,13+,14-/m0/s1. The van der Waals surface area contributed by atoms with Gasteiger partial charge in [0, 0.05) is 12.1 Å². The SMILES string of the molecule is COC(=O)C1=C(c2ccccc2)C[C@H]2[C@@H](O)C[C@H]1N2C. The number of fused-ring (bicyclic) bond motifs is 2. The Morgan fingerprint density at radius 2 is 2.05 bits per heavy atom. The molecule has 1 saturated heterocycles. The number of carbonyl (C=O) groups excluding carboxylic acids is 1. The lowest BCUT2D eigenvalue weighted by Crippen LogP contribution is -2.42. The molecule has 20 heavy (non-hydrogen) atoms. The number of hydrogen-bond donors (Lipinski definition) is 1. The molecule has 2 aliphatic heterocycles. The van der Waals surface area contributed by atoms with Crippen LogP contribution >= 0.6 is 0 Å². The Labute approximate surface area is 118 Å². The minimum absolute atomic E-state index is 0.0496. The number of aliphatic hydroxyl groups excluding tert-OH is 1. The van der Waals surface area contributed by atoms with E-state index in [9.17, 15) is 9.90 Å². The number of nitrogens with zero attached hydrogens (tertiary/aromatic N) is 1. The van der Waals surface area contributed by atoms with Gasteiger partial charge in [0.05, 0.1) is 18.8 Å². The van der Waals surface area contributed by atoms with Gasteiger partial charge in [-0.25, -0.2) is 4.79 Å². The molecule has 2 heterocycles. The second-order valence-electron chi connectivity index (χ2n) is 5.51. The minimum Gasteiger partial charge on any atom is -0.466 e. The molecule has 1 fully saturated rings. The van der Waals surface area contributed by atoms with Gasteiger partial charge in [-0.15, -0.1) is 0 Å². The first-order chi connectivity index (χ1) is 9.63. The van der Waals surface area contributed by atoms with Crippen molar-refractivity contribution in [3.05, 3.63) is 41.5 Å². The van der Waals surface area contributed by atoms with E-state index < -0.39 is 0 Å². The number of likely N-dealkylation sites (N-methyl/N-ethyl adjacent to an activating group) is 1. The summed E-state index contributed by atoms with van der Waals surface area (Å²) in [6, 6.07) is 9.95. The van der Waals surface area contributed by atoms with Crippen LogP contribution in [0.5, 0.6) is 0 Å². The van der Waals surface area contributed by atoms with Crippen LogP contribution < -0.4 is 0 Å². The fourth-order valence-corrected chi connectivity index (χ4v) is 3.46. The van der Waals surface area contributed by atoms with Gasteiger partial charge in [0.15, 0.2) is 0 Å². The van der Waals surface area contributed by atoms with Gasteiger partial charge in [-0.1, -0.05) is 30.3 Å². The molecule has 0 spiro atoms. The molecule has 1 aromatic carbocycles. The lowest BCUT2D eigenvalue weighted by Gasteiger charge is -2.34. The summed E-state index contributed by atoms with van der Waals surface area (Å²) in [5, 5.41) is 10.2. The molecule has 2 bridgehead atoms. The summed E-state index contributed by atoms with van der Waals surface area (Å²) in [6.07, 6.45) is 0.899. The van der Waals surface area contributed by atoms with Gasteiger partial charge in [0.1, 0.15) is 0 Å². The molecule has 4 heteroatoms. The highest BCUT2D eigenvalue weighted by molar-refractivity contribution is 5.99. The van der Waals surface area contributed by atoms with Crippen LogP contribution in [0.3, 0.4) is 0 Å². The number of rotatable bonds is 2. The Balaban J connectivity index is 2.12. The molecule has 3 rings (SSSR count). The lowest BCUT2D eigenvalue weighted by atomic mass is 9.88. The Morgan fingerprint density at radius 1 is 1.35 bits per heavy atom. The van der Waals surface area contributed by atoms with Crippen molar-refractivity contribution >= 4 is 11.5 Å². The Kier molecular flexibility index (Phi) is 3.36. The van der Waals surface area contributed by atoms with E-state index in [2.05, 4.69) is 4.90 Å². The van der Waals surface area contributed by atoms with Crippen LogP contribution in [-0.2, 0) is 9.53 Å². The molecule has 1 N–H and O–H groups in total. The average Bonchev–Trinajstić information content (AvgIpc) is 2.66. The molecule has 2 aliphatic rings. The zero-order valence-electron chi connectivity index (χ0n) is 11.7.